The van der Waals surface area contributed by atoms with Crippen LogP contribution in [0.4, 0.5) is 0 Å². The van der Waals surface area contributed by atoms with Gasteiger partial charge in [-0.15, -0.1) is 0 Å². The van der Waals surface area contributed by atoms with E-state index in [2.05, 4.69) is 10.3 Å². The minimum absolute atomic E-state index is 0.272. The van der Waals surface area contributed by atoms with E-state index in [1.54, 1.807) is 32.3 Å². The molecule has 0 bridgehead atoms. The van der Waals surface area contributed by atoms with Crippen molar-refractivity contribution in [3.05, 3.63) is 30.1 Å². The third-order valence-electron chi connectivity index (χ3n) is 4.36. The van der Waals surface area contributed by atoms with Crippen LogP contribution in [0.2, 0.25) is 0 Å². The Morgan fingerprint density at radius 1 is 1.42 bits per heavy atom. The quantitative estimate of drug-likeness (QED) is 0.835. The summed E-state index contributed by atoms with van der Waals surface area (Å²) < 4.78 is 0. The van der Waals surface area contributed by atoms with E-state index in [4.69, 9.17) is 5.11 Å². The zero-order chi connectivity index (χ0) is 17.7. The fourth-order valence-corrected chi connectivity index (χ4v) is 2.76. The second-order valence-corrected chi connectivity index (χ2v) is 6.54. The molecule has 0 saturated carbocycles. The second kappa shape index (κ2) is 7.42. The lowest BCUT2D eigenvalue weighted by molar-refractivity contribution is -0.145. The molecule has 1 aliphatic heterocycles. The van der Waals surface area contributed by atoms with Gasteiger partial charge in [0, 0.05) is 18.9 Å². The predicted octanol–water partition coefficient (Wildman–Crippen LogP) is 0.941. The van der Waals surface area contributed by atoms with Crippen molar-refractivity contribution in [1.82, 2.24) is 15.2 Å². The predicted molar refractivity (Wildman–Crippen MR) is 87.3 cm³/mol. The summed E-state index contributed by atoms with van der Waals surface area (Å²) in [6, 6.07) is 2.89. The second-order valence-electron chi connectivity index (χ2n) is 6.54. The molecule has 7 heteroatoms. The topological polar surface area (TPSA) is 99.6 Å². The minimum atomic E-state index is -1.05. The average Bonchev–Trinajstić information content (AvgIpc) is 2.71. The van der Waals surface area contributed by atoms with Crippen LogP contribution in [0.3, 0.4) is 0 Å². The van der Waals surface area contributed by atoms with Gasteiger partial charge in [0.1, 0.15) is 12.6 Å². The molecule has 0 aromatic carbocycles. The summed E-state index contributed by atoms with van der Waals surface area (Å²) >= 11 is 0. The number of rotatable bonds is 5. The van der Waals surface area contributed by atoms with Gasteiger partial charge < -0.3 is 15.3 Å². The Morgan fingerprint density at radius 2 is 2.17 bits per heavy atom. The molecular formula is C17H23N3O4. The van der Waals surface area contributed by atoms with Crippen LogP contribution in [0.5, 0.6) is 0 Å². The number of amides is 2. The van der Waals surface area contributed by atoms with Crippen molar-refractivity contribution < 1.29 is 19.5 Å². The van der Waals surface area contributed by atoms with Gasteiger partial charge in [-0.2, -0.15) is 0 Å². The Balaban J connectivity index is 2.11. The number of carbonyl (C=O) groups excluding carboxylic acids is 2. The maximum atomic E-state index is 12.7. The van der Waals surface area contributed by atoms with Crippen LogP contribution in [0.15, 0.2) is 24.5 Å². The van der Waals surface area contributed by atoms with Gasteiger partial charge in [0.05, 0.1) is 5.41 Å². The van der Waals surface area contributed by atoms with Gasteiger partial charge in [-0.3, -0.25) is 19.4 Å². The number of hydrogen-bond donors (Lipinski definition) is 2. The minimum Gasteiger partial charge on any atom is -0.480 e. The molecule has 1 aliphatic rings. The molecule has 2 rings (SSSR count). The molecule has 1 atom stereocenters. The summed E-state index contributed by atoms with van der Waals surface area (Å²) in [7, 11) is 0. The Kier molecular flexibility index (Phi) is 5.54. The molecule has 1 fully saturated rings. The van der Waals surface area contributed by atoms with Crippen molar-refractivity contribution in [2.24, 2.45) is 0 Å². The highest BCUT2D eigenvalue weighted by Gasteiger charge is 2.35. The maximum Gasteiger partial charge on any atom is 0.323 e. The van der Waals surface area contributed by atoms with E-state index < -0.39 is 17.4 Å². The molecule has 7 nitrogen and oxygen atoms in total. The molecule has 130 valence electrons. The van der Waals surface area contributed by atoms with E-state index in [1.165, 1.54) is 4.90 Å². The summed E-state index contributed by atoms with van der Waals surface area (Å²) in [5, 5.41) is 11.7. The van der Waals surface area contributed by atoms with E-state index in [9.17, 15) is 14.4 Å². The summed E-state index contributed by atoms with van der Waals surface area (Å²) in [6.45, 7) is 3.62. The number of carboxylic acids is 1. The lowest BCUT2D eigenvalue weighted by atomic mass is 9.84. The number of nitrogens with one attached hydrogen (secondary N) is 1. The number of carbonyl (C=O) groups is 3. The van der Waals surface area contributed by atoms with Crippen LogP contribution in [0.25, 0.3) is 0 Å². The van der Waals surface area contributed by atoms with Crippen LogP contribution in [-0.2, 0) is 19.8 Å². The van der Waals surface area contributed by atoms with E-state index in [-0.39, 0.29) is 18.4 Å². The SMILES string of the molecule is CC(C)(C(=O)NC1CCCCN(CC(=O)O)C1=O)c1cccnc1. The lowest BCUT2D eigenvalue weighted by Crippen LogP contribution is -2.52. The molecule has 1 aromatic rings. The van der Waals surface area contributed by atoms with Crippen LogP contribution >= 0.6 is 0 Å². The summed E-state index contributed by atoms with van der Waals surface area (Å²) in [5.74, 6) is -1.65. The van der Waals surface area contributed by atoms with Gasteiger partial charge in [-0.05, 0) is 44.7 Å². The number of aromatic nitrogens is 1. The largest absolute Gasteiger partial charge is 0.480 e. The monoisotopic (exact) mass is 333 g/mol. The molecule has 24 heavy (non-hydrogen) atoms. The Bertz CT molecular complexity index is 616. The number of hydrogen-bond acceptors (Lipinski definition) is 4. The van der Waals surface area contributed by atoms with Crippen molar-refractivity contribution in [3.63, 3.8) is 0 Å². The first kappa shape index (κ1) is 17.9. The third kappa shape index (κ3) is 4.10. The van der Waals surface area contributed by atoms with Crippen LogP contribution < -0.4 is 5.32 Å². The smallest absolute Gasteiger partial charge is 0.323 e. The van der Waals surface area contributed by atoms with Crippen LogP contribution in [0, 0.1) is 0 Å². The Morgan fingerprint density at radius 3 is 2.79 bits per heavy atom. The van der Waals surface area contributed by atoms with E-state index in [0.29, 0.717) is 13.0 Å². The molecule has 1 saturated heterocycles. The normalized spacial score (nSPS) is 18.8. The highest BCUT2D eigenvalue weighted by molar-refractivity contribution is 5.93. The first-order valence-corrected chi connectivity index (χ1v) is 8.04. The molecule has 2 amide bonds. The van der Waals surface area contributed by atoms with E-state index in [1.807, 2.05) is 6.07 Å². The van der Waals surface area contributed by atoms with Gasteiger partial charge in [0.2, 0.25) is 11.8 Å². The van der Waals surface area contributed by atoms with Gasteiger partial charge in [-0.1, -0.05) is 6.07 Å². The molecule has 0 aliphatic carbocycles. The fourth-order valence-electron chi connectivity index (χ4n) is 2.76. The zero-order valence-corrected chi connectivity index (χ0v) is 14.0. The molecule has 2 heterocycles. The van der Waals surface area contributed by atoms with Crippen LogP contribution in [0.1, 0.15) is 38.7 Å². The van der Waals surface area contributed by atoms with E-state index in [0.717, 1.165) is 18.4 Å². The number of aliphatic carboxylic acids is 1. The van der Waals surface area contributed by atoms with Crippen molar-refractivity contribution in [1.29, 1.82) is 0 Å². The van der Waals surface area contributed by atoms with Gasteiger partial charge >= 0.3 is 5.97 Å². The summed E-state index contributed by atoms with van der Waals surface area (Å²) in [6.07, 6.45) is 5.28. The Labute approximate surface area is 141 Å². The molecule has 1 unspecified atom stereocenters. The molecule has 2 N–H and O–H groups in total. The van der Waals surface area contributed by atoms with E-state index >= 15 is 0 Å². The third-order valence-corrected chi connectivity index (χ3v) is 4.36. The van der Waals surface area contributed by atoms with Crippen LogP contribution in [-0.4, -0.2) is 51.9 Å². The number of pyridine rings is 1. The maximum absolute atomic E-state index is 12.7. The molecular weight excluding hydrogens is 310 g/mol. The van der Waals surface area contributed by atoms with Crippen molar-refractivity contribution >= 4 is 17.8 Å². The first-order valence-electron chi connectivity index (χ1n) is 8.04. The molecule has 0 spiro atoms. The van der Waals surface area contributed by atoms with Crippen molar-refractivity contribution in [2.75, 3.05) is 13.1 Å². The number of nitrogens with zero attached hydrogens (tertiary/aromatic N) is 2. The number of likely N-dealkylation sites (tertiary alicyclic amines) is 1. The number of carboxylic acid groups (broad SMARTS) is 1. The van der Waals surface area contributed by atoms with Gasteiger partial charge in [-0.25, -0.2) is 0 Å². The first-order chi connectivity index (χ1) is 11.3. The lowest BCUT2D eigenvalue weighted by Gasteiger charge is -2.28. The fraction of sp³-hybridized carbons (Fsp3) is 0.529. The van der Waals surface area contributed by atoms with Gasteiger partial charge in [0.15, 0.2) is 0 Å². The average molecular weight is 333 g/mol. The Hall–Kier alpha value is -2.44. The molecule has 0 radical (unpaired) electrons. The van der Waals surface area contributed by atoms with Crippen molar-refractivity contribution in [3.8, 4) is 0 Å². The summed E-state index contributed by atoms with van der Waals surface area (Å²) in [5.41, 5.74) is -0.0793. The van der Waals surface area contributed by atoms with Crippen molar-refractivity contribution in [2.45, 2.75) is 44.6 Å². The highest BCUT2D eigenvalue weighted by Crippen LogP contribution is 2.23. The van der Waals surface area contributed by atoms with Gasteiger partial charge in [0.25, 0.3) is 0 Å². The standard InChI is InChI=1S/C17H23N3O4/c1-17(2,12-6-5-8-18-10-12)16(24)19-13-7-3-4-9-20(15(13)23)11-14(21)22/h5-6,8,10,13H,3-4,7,9,11H2,1-2H3,(H,19,24)(H,21,22). The molecule has 1 aromatic heterocycles. The zero-order valence-electron chi connectivity index (χ0n) is 14.0. The summed E-state index contributed by atoms with van der Waals surface area (Å²) in [4.78, 5) is 41.5. The highest BCUT2D eigenvalue weighted by atomic mass is 16.4.